The van der Waals surface area contributed by atoms with Gasteiger partial charge in [0.2, 0.25) is 0 Å². The quantitative estimate of drug-likeness (QED) is 0.853. The highest BCUT2D eigenvalue weighted by molar-refractivity contribution is 5.81. The summed E-state index contributed by atoms with van der Waals surface area (Å²) in [6, 6.07) is 9.03. The molecule has 0 radical (unpaired) electrons. The first-order valence-corrected chi connectivity index (χ1v) is 6.70. The molecule has 2 heterocycles. The number of fused-ring (bicyclic) bond motifs is 1. The van der Waals surface area contributed by atoms with Gasteiger partial charge in [0.1, 0.15) is 0 Å². The molecule has 1 fully saturated rings. The third-order valence-corrected chi connectivity index (χ3v) is 4.01. The van der Waals surface area contributed by atoms with E-state index in [0.29, 0.717) is 19.1 Å². The molecule has 1 N–H and O–H groups in total. The van der Waals surface area contributed by atoms with Crippen molar-refractivity contribution in [3.8, 4) is 0 Å². The van der Waals surface area contributed by atoms with Gasteiger partial charge in [0, 0.05) is 30.8 Å². The van der Waals surface area contributed by atoms with Crippen LogP contribution < -0.4 is 0 Å². The number of aromatic nitrogens is 1. The number of benzene rings is 1. The van der Waals surface area contributed by atoms with Crippen LogP contribution >= 0.6 is 0 Å². The molecule has 4 nitrogen and oxygen atoms in total. The van der Waals surface area contributed by atoms with Gasteiger partial charge in [-0.05, 0) is 42.8 Å². The van der Waals surface area contributed by atoms with E-state index < -0.39 is 6.09 Å². The molecule has 19 heavy (non-hydrogen) atoms. The number of nitrogens with zero attached hydrogens (tertiary/aromatic N) is 2. The van der Waals surface area contributed by atoms with Gasteiger partial charge < -0.3 is 14.6 Å². The summed E-state index contributed by atoms with van der Waals surface area (Å²) in [6.07, 6.45) is 3.12. The van der Waals surface area contributed by atoms with E-state index in [-0.39, 0.29) is 0 Å². The molecule has 3 rings (SSSR count). The average Bonchev–Trinajstić information content (AvgIpc) is 2.81. The molecule has 1 aromatic heterocycles. The third-order valence-electron chi connectivity index (χ3n) is 4.01. The maximum atomic E-state index is 10.9. The van der Waals surface area contributed by atoms with Gasteiger partial charge in [-0.1, -0.05) is 12.1 Å². The standard InChI is InChI=1S/C15H18N2O2/c1-11-2-3-12-4-9-17(14(12)10-11)13-5-7-16(8-6-13)15(18)19/h2-4,9-10,13H,5-8H2,1H3,(H,18,19). The van der Waals surface area contributed by atoms with Crippen LogP contribution in [-0.2, 0) is 0 Å². The average molecular weight is 258 g/mol. The van der Waals surface area contributed by atoms with Crippen molar-refractivity contribution in [3.63, 3.8) is 0 Å². The van der Waals surface area contributed by atoms with Crippen molar-refractivity contribution in [1.82, 2.24) is 9.47 Å². The summed E-state index contributed by atoms with van der Waals surface area (Å²) in [5.74, 6) is 0. The monoisotopic (exact) mass is 258 g/mol. The van der Waals surface area contributed by atoms with Crippen LogP contribution in [0.3, 0.4) is 0 Å². The van der Waals surface area contributed by atoms with Crippen molar-refractivity contribution in [1.29, 1.82) is 0 Å². The van der Waals surface area contributed by atoms with Gasteiger partial charge in [0.25, 0.3) is 0 Å². The molecule has 0 atom stereocenters. The third kappa shape index (κ3) is 2.18. The van der Waals surface area contributed by atoms with Crippen LogP contribution in [0.15, 0.2) is 30.5 Å². The smallest absolute Gasteiger partial charge is 0.407 e. The number of piperidine rings is 1. The van der Waals surface area contributed by atoms with Crippen molar-refractivity contribution in [2.45, 2.75) is 25.8 Å². The Hall–Kier alpha value is -1.97. The fourth-order valence-electron chi connectivity index (χ4n) is 2.91. The van der Waals surface area contributed by atoms with Crippen LogP contribution in [0, 0.1) is 6.92 Å². The Balaban J connectivity index is 1.85. The summed E-state index contributed by atoms with van der Waals surface area (Å²) in [7, 11) is 0. The molecule has 1 aromatic carbocycles. The van der Waals surface area contributed by atoms with Gasteiger partial charge in [-0.3, -0.25) is 0 Å². The van der Waals surface area contributed by atoms with Crippen LogP contribution in [0.5, 0.6) is 0 Å². The van der Waals surface area contributed by atoms with E-state index in [1.807, 2.05) is 0 Å². The van der Waals surface area contributed by atoms with Gasteiger partial charge >= 0.3 is 6.09 Å². The van der Waals surface area contributed by atoms with Gasteiger partial charge in [-0.2, -0.15) is 0 Å². The highest BCUT2D eigenvalue weighted by Crippen LogP contribution is 2.28. The Bertz CT molecular complexity index is 610. The normalized spacial score (nSPS) is 17.0. The summed E-state index contributed by atoms with van der Waals surface area (Å²) >= 11 is 0. The lowest BCUT2D eigenvalue weighted by atomic mass is 10.0. The molecule has 0 spiro atoms. The first-order valence-electron chi connectivity index (χ1n) is 6.70. The first kappa shape index (κ1) is 12.1. The van der Waals surface area contributed by atoms with Crippen LogP contribution in [-0.4, -0.2) is 33.8 Å². The zero-order valence-corrected chi connectivity index (χ0v) is 11.0. The number of aryl methyl sites for hydroxylation is 1. The number of carbonyl (C=O) groups is 1. The first-order chi connectivity index (χ1) is 9.15. The Morgan fingerprint density at radius 1 is 1.26 bits per heavy atom. The molecule has 100 valence electrons. The number of carboxylic acid groups (broad SMARTS) is 1. The minimum Gasteiger partial charge on any atom is -0.465 e. The Morgan fingerprint density at radius 2 is 2.00 bits per heavy atom. The van der Waals surface area contributed by atoms with E-state index in [1.165, 1.54) is 21.4 Å². The lowest BCUT2D eigenvalue weighted by Crippen LogP contribution is -2.37. The highest BCUT2D eigenvalue weighted by atomic mass is 16.4. The second-order valence-corrected chi connectivity index (χ2v) is 5.29. The number of likely N-dealkylation sites (tertiary alicyclic amines) is 1. The molecule has 1 amide bonds. The predicted octanol–water partition coefficient (Wildman–Crippen LogP) is 3.26. The zero-order valence-electron chi connectivity index (χ0n) is 11.0. The lowest BCUT2D eigenvalue weighted by molar-refractivity contribution is 0.126. The Labute approximate surface area is 112 Å². The van der Waals surface area contributed by atoms with E-state index in [4.69, 9.17) is 5.11 Å². The lowest BCUT2D eigenvalue weighted by Gasteiger charge is -2.31. The largest absolute Gasteiger partial charge is 0.465 e. The van der Waals surface area contributed by atoms with Crippen LogP contribution in [0.2, 0.25) is 0 Å². The van der Waals surface area contributed by atoms with Crippen molar-refractivity contribution < 1.29 is 9.90 Å². The van der Waals surface area contributed by atoms with Gasteiger partial charge in [0.05, 0.1) is 0 Å². The zero-order chi connectivity index (χ0) is 13.4. The number of amides is 1. The summed E-state index contributed by atoms with van der Waals surface area (Å²) in [4.78, 5) is 12.4. The molecule has 0 unspecified atom stereocenters. The summed E-state index contributed by atoms with van der Waals surface area (Å²) < 4.78 is 2.31. The fraction of sp³-hybridized carbons (Fsp3) is 0.400. The van der Waals surface area contributed by atoms with Crippen molar-refractivity contribution >= 4 is 17.0 Å². The molecule has 0 saturated carbocycles. The Kier molecular flexibility index (Phi) is 2.93. The number of hydrogen-bond donors (Lipinski definition) is 1. The van der Waals surface area contributed by atoms with Crippen LogP contribution in [0.4, 0.5) is 4.79 Å². The molecule has 0 aliphatic carbocycles. The van der Waals surface area contributed by atoms with Crippen LogP contribution in [0.25, 0.3) is 10.9 Å². The molecular weight excluding hydrogens is 240 g/mol. The molecule has 0 bridgehead atoms. The van der Waals surface area contributed by atoms with E-state index in [0.717, 1.165) is 12.8 Å². The minimum absolute atomic E-state index is 0.412. The van der Waals surface area contributed by atoms with E-state index in [9.17, 15) is 4.79 Å². The summed E-state index contributed by atoms with van der Waals surface area (Å²) in [6.45, 7) is 3.36. The molecular formula is C15H18N2O2. The van der Waals surface area contributed by atoms with Crippen LogP contribution in [0.1, 0.15) is 24.4 Å². The molecule has 4 heteroatoms. The number of hydrogen-bond acceptors (Lipinski definition) is 1. The Morgan fingerprint density at radius 3 is 2.68 bits per heavy atom. The van der Waals surface area contributed by atoms with E-state index in [2.05, 4.69) is 42.0 Å². The summed E-state index contributed by atoms with van der Waals surface area (Å²) in [5.41, 5.74) is 2.52. The SMILES string of the molecule is Cc1ccc2ccn(C3CCN(C(=O)O)CC3)c2c1. The van der Waals surface area contributed by atoms with Gasteiger partial charge in [0.15, 0.2) is 0 Å². The second-order valence-electron chi connectivity index (χ2n) is 5.29. The van der Waals surface area contributed by atoms with Gasteiger partial charge in [-0.15, -0.1) is 0 Å². The van der Waals surface area contributed by atoms with Gasteiger partial charge in [-0.25, -0.2) is 4.79 Å². The highest BCUT2D eigenvalue weighted by Gasteiger charge is 2.23. The van der Waals surface area contributed by atoms with E-state index >= 15 is 0 Å². The maximum Gasteiger partial charge on any atom is 0.407 e. The maximum absolute atomic E-state index is 10.9. The van der Waals surface area contributed by atoms with Crippen molar-refractivity contribution in [2.24, 2.45) is 0 Å². The topological polar surface area (TPSA) is 45.5 Å². The summed E-state index contributed by atoms with van der Waals surface area (Å²) in [5, 5.41) is 10.2. The molecule has 1 aliphatic rings. The minimum atomic E-state index is -0.799. The molecule has 1 saturated heterocycles. The van der Waals surface area contributed by atoms with Crippen molar-refractivity contribution in [3.05, 3.63) is 36.0 Å². The second kappa shape index (κ2) is 4.61. The number of rotatable bonds is 1. The molecule has 1 aliphatic heterocycles. The van der Waals surface area contributed by atoms with E-state index in [1.54, 1.807) is 0 Å². The fourth-order valence-corrected chi connectivity index (χ4v) is 2.91. The predicted molar refractivity (Wildman–Crippen MR) is 74.5 cm³/mol. The molecule has 2 aromatic rings. The van der Waals surface area contributed by atoms with Crippen molar-refractivity contribution in [2.75, 3.05) is 13.1 Å².